The Kier molecular flexibility index (Phi) is 6.25. The summed E-state index contributed by atoms with van der Waals surface area (Å²) in [5.41, 5.74) is 1.85. The molecule has 0 unspecified atom stereocenters. The lowest BCUT2D eigenvalue weighted by Gasteiger charge is -2.34. The molecule has 2 aliphatic heterocycles. The summed E-state index contributed by atoms with van der Waals surface area (Å²) in [5.74, 6) is 0.254. The van der Waals surface area contributed by atoms with Crippen LogP contribution in [0.4, 0.5) is 0 Å². The lowest BCUT2D eigenvalue weighted by Crippen LogP contribution is -2.46. The molecule has 2 aromatic rings. The first-order valence-corrected chi connectivity index (χ1v) is 11.8. The van der Waals surface area contributed by atoms with Gasteiger partial charge in [-0.3, -0.25) is 14.5 Å². The number of hydrogen-bond donors (Lipinski definition) is 1. The predicted octanol–water partition coefficient (Wildman–Crippen LogP) is 3.08. The van der Waals surface area contributed by atoms with Gasteiger partial charge in [0, 0.05) is 45.2 Å². The van der Waals surface area contributed by atoms with Crippen molar-refractivity contribution < 1.29 is 9.59 Å². The van der Waals surface area contributed by atoms with Gasteiger partial charge in [-0.15, -0.1) is 11.3 Å². The predicted molar refractivity (Wildman–Crippen MR) is 117 cm³/mol. The maximum Gasteiger partial charge on any atom is 0.270 e. The van der Waals surface area contributed by atoms with Crippen molar-refractivity contribution in [3.05, 3.63) is 23.2 Å². The molecule has 0 bridgehead atoms. The second-order valence-electron chi connectivity index (χ2n) is 8.50. The standard InChI is InChI=1S/C22H32N4O2S/c1-16-5-3-4-10-25(16)13-9-23-21(27)17-6-11-26(12-7-17)22(28)19-15-20-18(24(19)2)8-14-29-20/h8,14-17H,3-7,9-13H2,1-2H3,(H,23,27)/t16-/m1/s1. The second-order valence-corrected chi connectivity index (χ2v) is 9.44. The van der Waals surface area contributed by atoms with E-state index in [2.05, 4.69) is 28.6 Å². The molecule has 0 aromatic carbocycles. The van der Waals surface area contributed by atoms with Crippen molar-refractivity contribution in [3.63, 3.8) is 0 Å². The van der Waals surface area contributed by atoms with Crippen LogP contribution in [-0.2, 0) is 11.8 Å². The number of carbonyl (C=O) groups is 2. The molecule has 2 aromatic heterocycles. The second kappa shape index (κ2) is 8.88. The van der Waals surface area contributed by atoms with E-state index in [1.165, 1.54) is 19.3 Å². The van der Waals surface area contributed by atoms with Gasteiger partial charge >= 0.3 is 0 Å². The van der Waals surface area contributed by atoms with Crippen molar-refractivity contribution in [3.8, 4) is 0 Å². The Morgan fingerprint density at radius 3 is 2.69 bits per heavy atom. The average molecular weight is 417 g/mol. The summed E-state index contributed by atoms with van der Waals surface area (Å²) >= 11 is 1.66. The average Bonchev–Trinajstić information content (AvgIpc) is 3.32. The number of carbonyl (C=O) groups excluding carboxylic acids is 2. The highest BCUT2D eigenvalue weighted by atomic mass is 32.1. The van der Waals surface area contributed by atoms with E-state index in [0.717, 1.165) is 48.4 Å². The molecule has 0 saturated carbocycles. The van der Waals surface area contributed by atoms with Gasteiger partial charge in [0.15, 0.2) is 0 Å². The maximum absolute atomic E-state index is 12.9. The number of thiophene rings is 1. The molecule has 4 rings (SSSR count). The van der Waals surface area contributed by atoms with Gasteiger partial charge in [-0.05, 0) is 56.7 Å². The Morgan fingerprint density at radius 1 is 1.17 bits per heavy atom. The van der Waals surface area contributed by atoms with Gasteiger partial charge in [-0.25, -0.2) is 0 Å². The van der Waals surface area contributed by atoms with Crippen LogP contribution in [0.2, 0.25) is 0 Å². The van der Waals surface area contributed by atoms with Crippen molar-refractivity contribution >= 4 is 33.4 Å². The number of nitrogens with one attached hydrogen (secondary N) is 1. The van der Waals surface area contributed by atoms with Gasteiger partial charge in [0.25, 0.3) is 5.91 Å². The Morgan fingerprint density at radius 2 is 1.97 bits per heavy atom. The largest absolute Gasteiger partial charge is 0.355 e. The van der Waals surface area contributed by atoms with E-state index < -0.39 is 0 Å². The molecule has 1 N–H and O–H groups in total. The number of nitrogens with zero attached hydrogens (tertiary/aromatic N) is 3. The minimum atomic E-state index is 0.0229. The van der Waals surface area contributed by atoms with Gasteiger partial charge in [0.05, 0.1) is 10.2 Å². The van der Waals surface area contributed by atoms with Gasteiger partial charge in [0.2, 0.25) is 5.91 Å². The Balaban J connectivity index is 1.24. The molecule has 0 aliphatic carbocycles. The quantitative estimate of drug-likeness (QED) is 0.815. The van der Waals surface area contributed by atoms with Crippen LogP contribution in [0, 0.1) is 5.92 Å². The van der Waals surface area contributed by atoms with Crippen LogP contribution in [0.15, 0.2) is 17.5 Å². The summed E-state index contributed by atoms with van der Waals surface area (Å²) in [7, 11) is 1.95. The highest BCUT2D eigenvalue weighted by Gasteiger charge is 2.29. The number of aryl methyl sites for hydroxylation is 1. The molecule has 2 aliphatic rings. The SMILES string of the molecule is C[C@@H]1CCCCN1CCNC(=O)C1CCN(C(=O)c2cc3sccc3n2C)CC1. The van der Waals surface area contributed by atoms with Crippen molar-refractivity contribution in [2.24, 2.45) is 13.0 Å². The van der Waals surface area contributed by atoms with Crippen LogP contribution in [0.1, 0.15) is 49.5 Å². The van der Waals surface area contributed by atoms with Gasteiger partial charge in [-0.1, -0.05) is 6.42 Å². The summed E-state index contributed by atoms with van der Waals surface area (Å²) < 4.78 is 3.13. The molecule has 4 heterocycles. The van der Waals surface area contributed by atoms with E-state index in [0.29, 0.717) is 19.1 Å². The number of amides is 2. The van der Waals surface area contributed by atoms with E-state index in [1.54, 1.807) is 11.3 Å². The zero-order valence-corrected chi connectivity index (χ0v) is 18.3. The van der Waals surface area contributed by atoms with Crippen LogP contribution in [0.5, 0.6) is 0 Å². The highest BCUT2D eigenvalue weighted by Crippen LogP contribution is 2.26. The van der Waals surface area contributed by atoms with Crippen LogP contribution in [-0.4, -0.2) is 64.9 Å². The van der Waals surface area contributed by atoms with Gasteiger partial charge in [0.1, 0.15) is 5.69 Å². The molecule has 1 atom stereocenters. The number of piperidine rings is 2. The van der Waals surface area contributed by atoms with Crippen molar-refractivity contribution in [2.45, 2.75) is 45.1 Å². The molecular weight excluding hydrogens is 384 g/mol. The fraction of sp³-hybridized carbons (Fsp3) is 0.636. The number of likely N-dealkylation sites (tertiary alicyclic amines) is 2. The molecule has 7 heteroatoms. The first kappa shape index (κ1) is 20.4. The van der Waals surface area contributed by atoms with E-state index >= 15 is 0 Å². The molecule has 29 heavy (non-hydrogen) atoms. The number of rotatable bonds is 5. The fourth-order valence-corrected chi connectivity index (χ4v) is 5.57. The third kappa shape index (κ3) is 4.36. The molecule has 6 nitrogen and oxygen atoms in total. The normalized spacial score (nSPS) is 21.6. The minimum absolute atomic E-state index is 0.0229. The Labute approximate surface area is 176 Å². The fourth-order valence-electron chi connectivity index (χ4n) is 4.72. The first-order chi connectivity index (χ1) is 14.0. The summed E-state index contributed by atoms with van der Waals surface area (Å²) in [6.45, 7) is 6.40. The molecule has 158 valence electrons. The van der Waals surface area contributed by atoms with E-state index in [9.17, 15) is 9.59 Å². The summed E-state index contributed by atoms with van der Waals surface area (Å²) in [4.78, 5) is 29.9. The third-order valence-corrected chi connectivity index (χ3v) is 7.53. The van der Waals surface area contributed by atoms with Crippen LogP contribution in [0.25, 0.3) is 10.2 Å². The molecule has 2 fully saturated rings. The summed E-state index contributed by atoms with van der Waals surface area (Å²) in [6.07, 6.45) is 5.35. The maximum atomic E-state index is 12.9. The Hall–Kier alpha value is -1.86. The molecule has 2 saturated heterocycles. The number of hydrogen-bond acceptors (Lipinski definition) is 4. The van der Waals surface area contributed by atoms with Crippen LogP contribution >= 0.6 is 11.3 Å². The zero-order chi connectivity index (χ0) is 20.4. The molecule has 2 amide bonds. The van der Waals surface area contributed by atoms with E-state index in [-0.39, 0.29) is 17.7 Å². The monoisotopic (exact) mass is 416 g/mol. The third-order valence-electron chi connectivity index (χ3n) is 6.67. The molecule has 0 spiro atoms. The van der Waals surface area contributed by atoms with Crippen LogP contribution in [0.3, 0.4) is 0 Å². The van der Waals surface area contributed by atoms with Crippen LogP contribution < -0.4 is 5.32 Å². The zero-order valence-electron chi connectivity index (χ0n) is 17.5. The number of fused-ring (bicyclic) bond motifs is 1. The lowest BCUT2D eigenvalue weighted by atomic mass is 9.95. The Bertz CT molecular complexity index is 865. The first-order valence-electron chi connectivity index (χ1n) is 10.9. The highest BCUT2D eigenvalue weighted by molar-refractivity contribution is 7.17. The smallest absolute Gasteiger partial charge is 0.270 e. The topological polar surface area (TPSA) is 57.6 Å². The summed E-state index contributed by atoms with van der Waals surface area (Å²) in [5, 5.41) is 5.18. The molecular formula is C22H32N4O2S. The molecule has 0 radical (unpaired) electrons. The number of aromatic nitrogens is 1. The lowest BCUT2D eigenvalue weighted by molar-refractivity contribution is -0.126. The van der Waals surface area contributed by atoms with Gasteiger partial charge in [-0.2, -0.15) is 0 Å². The van der Waals surface area contributed by atoms with Crippen molar-refractivity contribution in [1.29, 1.82) is 0 Å². The summed E-state index contributed by atoms with van der Waals surface area (Å²) in [6, 6.07) is 4.67. The van der Waals surface area contributed by atoms with Crippen molar-refractivity contribution in [2.75, 3.05) is 32.7 Å². The van der Waals surface area contributed by atoms with Crippen molar-refractivity contribution in [1.82, 2.24) is 19.7 Å². The van der Waals surface area contributed by atoms with E-state index in [4.69, 9.17) is 0 Å². The van der Waals surface area contributed by atoms with Gasteiger partial charge < -0.3 is 14.8 Å². The van der Waals surface area contributed by atoms with E-state index in [1.807, 2.05) is 22.6 Å². The minimum Gasteiger partial charge on any atom is -0.355 e.